The monoisotopic (exact) mass is 338 g/mol. The molecule has 2 fully saturated rings. The minimum atomic E-state index is 0.601. The molecule has 1 unspecified atom stereocenters. The van der Waals surface area contributed by atoms with E-state index in [-0.39, 0.29) is 0 Å². The Labute approximate surface area is 149 Å². The van der Waals surface area contributed by atoms with Gasteiger partial charge < -0.3 is 0 Å². The molecule has 2 aliphatic rings. The van der Waals surface area contributed by atoms with Gasteiger partial charge in [0.15, 0.2) is 0 Å². The molecule has 0 radical (unpaired) electrons. The van der Waals surface area contributed by atoms with Gasteiger partial charge in [-0.3, -0.25) is 0 Å². The van der Waals surface area contributed by atoms with Crippen molar-refractivity contribution in [3.05, 3.63) is 0 Å². The van der Waals surface area contributed by atoms with Crippen LogP contribution in [-0.4, -0.2) is 5.16 Å². The first-order valence-electron chi connectivity index (χ1n) is 11.1. The predicted octanol–water partition coefficient (Wildman–Crippen LogP) is 7.90. The van der Waals surface area contributed by atoms with Gasteiger partial charge in [0.1, 0.15) is 0 Å². The molecule has 2 rings (SSSR count). The molecule has 0 aromatic carbocycles. The predicted molar refractivity (Wildman–Crippen MR) is 108 cm³/mol. The lowest BCUT2D eigenvalue weighted by atomic mass is 9.67. The van der Waals surface area contributed by atoms with Crippen LogP contribution < -0.4 is 0 Å². The summed E-state index contributed by atoms with van der Waals surface area (Å²) in [5, 5.41) is 0.601. The van der Waals surface area contributed by atoms with Crippen molar-refractivity contribution < 1.29 is 0 Å². The first kappa shape index (κ1) is 19.8. The second-order valence-electron chi connectivity index (χ2n) is 8.65. The summed E-state index contributed by atoms with van der Waals surface area (Å²) in [5.74, 6) is 2.04. The molecule has 0 bridgehead atoms. The third kappa shape index (κ3) is 6.34. The fourth-order valence-corrected chi connectivity index (χ4v) is 6.28. The van der Waals surface area contributed by atoms with Crippen molar-refractivity contribution in [3.8, 4) is 0 Å². The summed E-state index contributed by atoms with van der Waals surface area (Å²) in [5.41, 5.74) is 0. The molecular formula is C22H43P. The van der Waals surface area contributed by atoms with E-state index in [1.54, 1.807) is 0 Å². The van der Waals surface area contributed by atoms with E-state index < -0.39 is 0 Å². The van der Waals surface area contributed by atoms with Crippen LogP contribution in [0, 0.1) is 11.8 Å². The average Bonchev–Trinajstić information content (AvgIpc) is 2.62. The second-order valence-corrected chi connectivity index (χ2v) is 9.73. The van der Waals surface area contributed by atoms with Gasteiger partial charge in [0.2, 0.25) is 0 Å². The molecule has 0 saturated heterocycles. The summed E-state index contributed by atoms with van der Waals surface area (Å²) in [6.45, 7) is 2.32. The number of hydrogen-bond acceptors (Lipinski definition) is 0. The molecule has 0 nitrogen and oxygen atoms in total. The van der Waals surface area contributed by atoms with E-state index in [2.05, 4.69) is 16.2 Å². The normalized spacial score (nSPS) is 21.7. The zero-order valence-electron chi connectivity index (χ0n) is 16.0. The van der Waals surface area contributed by atoms with E-state index in [0.717, 1.165) is 11.8 Å². The lowest BCUT2D eigenvalue weighted by Crippen LogP contribution is -2.41. The van der Waals surface area contributed by atoms with Crippen LogP contribution >= 0.6 is 9.24 Å². The molecule has 1 atom stereocenters. The Morgan fingerprint density at radius 2 is 1.09 bits per heavy atom. The van der Waals surface area contributed by atoms with Gasteiger partial charge in [0.05, 0.1) is 0 Å². The van der Waals surface area contributed by atoms with Gasteiger partial charge in [-0.25, -0.2) is 0 Å². The Balaban J connectivity index is 1.80. The van der Waals surface area contributed by atoms with Crippen molar-refractivity contribution in [2.75, 3.05) is 0 Å². The molecule has 23 heavy (non-hydrogen) atoms. The molecule has 0 aliphatic heterocycles. The molecule has 136 valence electrons. The van der Waals surface area contributed by atoms with Crippen LogP contribution in [0.5, 0.6) is 0 Å². The summed E-state index contributed by atoms with van der Waals surface area (Å²) in [7, 11) is 3.47. The molecule has 0 spiro atoms. The molecule has 2 saturated carbocycles. The first-order valence-corrected chi connectivity index (χ1v) is 11.6. The smallest absolute Gasteiger partial charge is 0.00938 e. The van der Waals surface area contributed by atoms with Crippen molar-refractivity contribution in [3.63, 3.8) is 0 Å². The van der Waals surface area contributed by atoms with Gasteiger partial charge in [-0.2, -0.15) is 0 Å². The van der Waals surface area contributed by atoms with E-state index in [1.807, 2.05) is 0 Å². The lowest BCUT2D eigenvalue weighted by Gasteiger charge is -2.47. The highest BCUT2D eigenvalue weighted by Gasteiger charge is 2.41. The van der Waals surface area contributed by atoms with Crippen LogP contribution in [0.25, 0.3) is 0 Å². The van der Waals surface area contributed by atoms with Gasteiger partial charge in [-0.1, -0.05) is 90.4 Å². The van der Waals surface area contributed by atoms with Gasteiger partial charge in [0.25, 0.3) is 0 Å². The highest BCUT2D eigenvalue weighted by molar-refractivity contribution is 7.19. The second kappa shape index (κ2) is 11.1. The number of rotatable bonds is 10. The van der Waals surface area contributed by atoms with E-state index in [9.17, 15) is 0 Å². The number of hydrogen-bond donors (Lipinski definition) is 0. The first-order chi connectivity index (χ1) is 11.3. The van der Waals surface area contributed by atoms with E-state index >= 15 is 0 Å². The third-order valence-electron chi connectivity index (χ3n) is 6.94. The fourth-order valence-electron chi connectivity index (χ4n) is 5.41. The molecule has 0 aromatic rings. The Kier molecular flexibility index (Phi) is 9.55. The molecule has 0 aromatic heterocycles. The molecule has 1 heteroatoms. The van der Waals surface area contributed by atoms with Crippen molar-refractivity contribution in [2.24, 2.45) is 11.8 Å². The molecule has 0 amide bonds. The van der Waals surface area contributed by atoms with Crippen LogP contribution in [0.2, 0.25) is 0 Å². The van der Waals surface area contributed by atoms with Gasteiger partial charge in [-0.15, -0.1) is 9.24 Å². The minimum Gasteiger partial charge on any atom is -0.131 e. The standard InChI is InChI=1S/C22H43P/c1-2-3-4-5-6-7-14-19-22(23,20-15-10-8-11-16-20)21-17-12-9-13-18-21/h20-21H,2-19,23H2,1H3. The third-order valence-corrected chi connectivity index (χ3v) is 8.18. The molecule has 2 aliphatic carbocycles. The van der Waals surface area contributed by atoms with E-state index in [1.165, 1.54) is 116 Å². The topological polar surface area (TPSA) is 0 Å². The highest BCUT2D eigenvalue weighted by atomic mass is 31.0. The Morgan fingerprint density at radius 3 is 1.57 bits per heavy atom. The number of unbranched alkanes of at least 4 members (excludes halogenated alkanes) is 6. The summed E-state index contributed by atoms with van der Waals surface area (Å²) in [4.78, 5) is 0. The molecular weight excluding hydrogens is 295 g/mol. The van der Waals surface area contributed by atoms with Gasteiger partial charge in [0, 0.05) is 0 Å². The van der Waals surface area contributed by atoms with Crippen LogP contribution in [0.1, 0.15) is 122 Å². The summed E-state index contributed by atoms with van der Waals surface area (Å²) >= 11 is 0. The Bertz CT molecular complexity index is 268. The van der Waals surface area contributed by atoms with Crippen molar-refractivity contribution in [1.29, 1.82) is 0 Å². The van der Waals surface area contributed by atoms with Gasteiger partial charge in [-0.05, 0) is 49.1 Å². The van der Waals surface area contributed by atoms with Crippen LogP contribution in [0.4, 0.5) is 0 Å². The van der Waals surface area contributed by atoms with Crippen molar-refractivity contribution >= 4 is 9.24 Å². The van der Waals surface area contributed by atoms with E-state index in [0.29, 0.717) is 5.16 Å². The van der Waals surface area contributed by atoms with Crippen LogP contribution in [0.15, 0.2) is 0 Å². The quantitative estimate of drug-likeness (QED) is 0.280. The average molecular weight is 339 g/mol. The fraction of sp³-hybridized carbons (Fsp3) is 1.00. The minimum absolute atomic E-state index is 0.601. The maximum Gasteiger partial charge on any atom is -0.00938 e. The largest absolute Gasteiger partial charge is 0.131 e. The molecule has 0 N–H and O–H groups in total. The van der Waals surface area contributed by atoms with Crippen molar-refractivity contribution in [2.45, 2.75) is 128 Å². The van der Waals surface area contributed by atoms with Crippen molar-refractivity contribution in [1.82, 2.24) is 0 Å². The maximum atomic E-state index is 3.47. The summed E-state index contributed by atoms with van der Waals surface area (Å²) < 4.78 is 0. The van der Waals surface area contributed by atoms with Crippen LogP contribution in [0.3, 0.4) is 0 Å². The van der Waals surface area contributed by atoms with Crippen LogP contribution in [-0.2, 0) is 0 Å². The Hall–Kier alpha value is 0.430. The zero-order chi connectivity index (χ0) is 16.4. The maximum absolute atomic E-state index is 3.47. The summed E-state index contributed by atoms with van der Waals surface area (Å²) in [6.07, 6.45) is 26.8. The zero-order valence-corrected chi connectivity index (χ0v) is 17.1. The Morgan fingerprint density at radius 1 is 0.652 bits per heavy atom. The highest BCUT2D eigenvalue weighted by Crippen LogP contribution is 2.51. The van der Waals surface area contributed by atoms with Gasteiger partial charge >= 0.3 is 0 Å². The summed E-state index contributed by atoms with van der Waals surface area (Å²) in [6, 6.07) is 0. The van der Waals surface area contributed by atoms with E-state index in [4.69, 9.17) is 0 Å². The SMILES string of the molecule is CCCCCCCCCC(P)(C1CCCCC1)C1CCCCC1. The lowest BCUT2D eigenvalue weighted by molar-refractivity contribution is 0.162. The molecule has 0 heterocycles.